The first-order chi connectivity index (χ1) is 9.78. The number of pyridine rings is 1. The molecule has 2 heterocycles. The van der Waals surface area contributed by atoms with Crippen LogP contribution in [0.3, 0.4) is 0 Å². The number of anilines is 2. The van der Waals surface area contributed by atoms with Gasteiger partial charge >= 0.3 is 130 Å². The quantitative estimate of drug-likeness (QED) is 0.861. The van der Waals surface area contributed by atoms with E-state index < -0.39 is 0 Å². The molecule has 20 heavy (non-hydrogen) atoms. The van der Waals surface area contributed by atoms with Crippen LogP contribution >= 0.6 is 0 Å². The first kappa shape index (κ1) is 13.0. The van der Waals surface area contributed by atoms with Gasteiger partial charge in [0.15, 0.2) is 0 Å². The molecule has 2 saturated carbocycles. The van der Waals surface area contributed by atoms with E-state index in [9.17, 15) is 0 Å². The molecule has 5 atom stereocenters. The van der Waals surface area contributed by atoms with Crippen LogP contribution in [0.4, 0.5) is 11.5 Å². The number of aromatic nitrogens is 1. The van der Waals surface area contributed by atoms with Crippen molar-refractivity contribution in [2.75, 3.05) is 23.3 Å². The van der Waals surface area contributed by atoms with Crippen LogP contribution in [0.25, 0.3) is 0 Å². The molecule has 1 aromatic heterocycles. The molecule has 3 nitrogen and oxygen atoms in total. The number of nitrogens with zero attached hydrogens (tertiary/aromatic N) is 2. The van der Waals surface area contributed by atoms with Gasteiger partial charge in [0.1, 0.15) is 0 Å². The van der Waals surface area contributed by atoms with E-state index in [0.29, 0.717) is 6.04 Å². The van der Waals surface area contributed by atoms with Crippen LogP contribution in [0.5, 0.6) is 0 Å². The Hall–Kier alpha value is -0.692. The zero-order valence-corrected chi connectivity index (χ0v) is 14.4. The van der Waals surface area contributed by atoms with Gasteiger partial charge in [-0.2, -0.15) is 0 Å². The van der Waals surface area contributed by atoms with Crippen LogP contribution in [0.2, 0.25) is 4.71 Å². The number of hydrogen-bond acceptors (Lipinski definition) is 3. The molecule has 4 rings (SSSR count). The topological polar surface area (TPSA) is 28.2 Å². The number of fused-ring (bicyclic) bond motifs is 2. The van der Waals surface area contributed by atoms with Crippen molar-refractivity contribution in [1.82, 2.24) is 4.98 Å². The molecule has 1 N–H and O–H groups in total. The molecule has 0 radical (unpaired) electrons. The van der Waals surface area contributed by atoms with Crippen LogP contribution < -0.4 is 10.2 Å². The van der Waals surface area contributed by atoms with Gasteiger partial charge in [-0.25, -0.2) is 0 Å². The van der Waals surface area contributed by atoms with E-state index >= 15 is 0 Å². The predicted molar refractivity (Wildman–Crippen MR) is 86.2 cm³/mol. The molecule has 1 saturated heterocycles. The standard InChI is InChI=1S/C16H24AsN3/c17-13-4-6-20(10-13)14-3-5-18-16(9-14)19-15-8-11-1-2-12(15)7-11/h3,5,9,11-13,15H,1-2,4,6-8,10,17H2,(H,18,19)/t11?,12?,13-,15?/m1/s1. The van der Waals surface area contributed by atoms with E-state index in [1.165, 1.54) is 50.9 Å². The van der Waals surface area contributed by atoms with Gasteiger partial charge < -0.3 is 0 Å². The molecule has 4 heteroatoms. The van der Waals surface area contributed by atoms with E-state index in [2.05, 4.69) is 27.3 Å². The molecule has 0 amide bonds. The average Bonchev–Trinajstić information content (AvgIpc) is 3.15. The Morgan fingerprint density at radius 1 is 1.25 bits per heavy atom. The molecule has 0 spiro atoms. The normalized spacial score (nSPS) is 35.8. The Balaban J connectivity index is 1.46. The second kappa shape index (κ2) is 5.25. The monoisotopic (exact) mass is 333 g/mol. The number of hydrogen-bond donors (Lipinski definition) is 1. The van der Waals surface area contributed by atoms with Gasteiger partial charge in [0.05, 0.1) is 0 Å². The summed E-state index contributed by atoms with van der Waals surface area (Å²) in [7, 11) is 0. The Kier molecular flexibility index (Phi) is 3.42. The molecule has 2 bridgehead atoms. The molecule has 2 aliphatic carbocycles. The minimum atomic E-state index is 0.678. The van der Waals surface area contributed by atoms with Crippen molar-refractivity contribution in [1.29, 1.82) is 0 Å². The summed E-state index contributed by atoms with van der Waals surface area (Å²) >= 11 is 1.89. The summed E-state index contributed by atoms with van der Waals surface area (Å²) < 4.78 is 0.887. The Bertz CT molecular complexity index is 492. The molecule has 1 aliphatic heterocycles. The third-order valence-electron chi connectivity index (χ3n) is 5.40. The van der Waals surface area contributed by atoms with Crippen molar-refractivity contribution in [2.45, 2.75) is 42.9 Å². The number of rotatable bonds is 3. The van der Waals surface area contributed by atoms with Crippen molar-refractivity contribution < 1.29 is 0 Å². The van der Waals surface area contributed by atoms with Gasteiger partial charge in [-0.1, -0.05) is 0 Å². The fourth-order valence-corrected chi connectivity index (χ4v) is 5.17. The third kappa shape index (κ3) is 2.45. The molecular formula is C16H24AsN3. The summed E-state index contributed by atoms with van der Waals surface area (Å²) in [6, 6.07) is 5.10. The predicted octanol–water partition coefficient (Wildman–Crippen LogP) is 2.31. The zero-order chi connectivity index (χ0) is 13.5. The zero-order valence-electron chi connectivity index (χ0n) is 12.0. The Morgan fingerprint density at radius 3 is 2.90 bits per heavy atom. The van der Waals surface area contributed by atoms with Gasteiger partial charge in [0, 0.05) is 0 Å². The minimum absolute atomic E-state index is 0.678. The number of nitrogens with one attached hydrogen (secondary N) is 1. The van der Waals surface area contributed by atoms with E-state index in [1.807, 2.05) is 23.0 Å². The van der Waals surface area contributed by atoms with Gasteiger partial charge in [-0.05, 0) is 0 Å². The molecule has 3 fully saturated rings. The summed E-state index contributed by atoms with van der Waals surface area (Å²) in [4.78, 5) is 7.06. The molecule has 108 valence electrons. The van der Waals surface area contributed by atoms with Crippen molar-refractivity contribution in [2.24, 2.45) is 11.8 Å². The summed E-state index contributed by atoms with van der Waals surface area (Å²) in [5, 5.41) is 3.71. The SMILES string of the molecule is [AsH2][C@@H]1CCN(c2ccnc(NC3CC4CCC3C4)c2)C1. The van der Waals surface area contributed by atoms with E-state index in [4.69, 9.17) is 0 Å². The maximum atomic E-state index is 4.54. The van der Waals surface area contributed by atoms with Crippen molar-refractivity contribution in [3.8, 4) is 0 Å². The van der Waals surface area contributed by atoms with E-state index in [-0.39, 0.29) is 0 Å². The van der Waals surface area contributed by atoms with E-state index in [1.54, 1.807) is 0 Å². The van der Waals surface area contributed by atoms with Gasteiger partial charge in [0.2, 0.25) is 0 Å². The van der Waals surface area contributed by atoms with Crippen molar-refractivity contribution in [3.05, 3.63) is 18.3 Å². The Morgan fingerprint density at radius 2 is 2.20 bits per heavy atom. The summed E-state index contributed by atoms with van der Waals surface area (Å²) in [6.45, 7) is 2.43. The Labute approximate surface area is 130 Å². The van der Waals surface area contributed by atoms with Crippen molar-refractivity contribution >= 4 is 28.4 Å². The average molecular weight is 333 g/mol. The summed E-state index contributed by atoms with van der Waals surface area (Å²) in [6.07, 6.45) is 9.01. The van der Waals surface area contributed by atoms with Crippen LogP contribution in [-0.2, 0) is 0 Å². The van der Waals surface area contributed by atoms with Crippen molar-refractivity contribution in [3.63, 3.8) is 0 Å². The van der Waals surface area contributed by atoms with Crippen LogP contribution in [-0.4, -0.2) is 41.0 Å². The molecule has 0 aromatic carbocycles. The molecule has 3 aliphatic rings. The van der Waals surface area contributed by atoms with Gasteiger partial charge in [-0.3, -0.25) is 0 Å². The fraction of sp³-hybridized carbons (Fsp3) is 0.688. The first-order valence-electron chi connectivity index (χ1n) is 8.01. The van der Waals surface area contributed by atoms with Gasteiger partial charge in [0.25, 0.3) is 0 Å². The van der Waals surface area contributed by atoms with Crippen LogP contribution in [0, 0.1) is 11.8 Å². The molecular weight excluding hydrogens is 309 g/mol. The van der Waals surface area contributed by atoms with Crippen LogP contribution in [0.1, 0.15) is 32.1 Å². The van der Waals surface area contributed by atoms with Crippen LogP contribution in [0.15, 0.2) is 18.3 Å². The van der Waals surface area contributed by atoms with E-state index in [0.717, 1.165) is 22.4 Å². The second-order valence-electron chi connectivity index (χ2n) is 6.82. The first-order valence-corrected chi connectivity index (χ1v) is 9.41. The fourth-order valence-electron chi connectivity index (χ4n) is 4.33. The second-order valence-corrected chi connectivity index (χ2v) is 8.80. The molecule has 1 aromatic rings. The summed E-state index contributed by atoms with van der Waals surface area (Å²) in [5.41, 5.74) is 1.35. The maximum absolute atomic E-state index is 4.54. The molecule has 4 unspecified atom stereocenters. The summed E-state index contributed by atoms with van der Waals surface area (Å²) in [5.74, 6) is 2.98. The van der Waals surface area contributed by atoms with Gasteiger partial charge in [-0.15, -0.1) is 0 Å². The third-order valence-corrected chi connectivity index (χ3v) is 6.55.